The average molecular weight is 672 g/mol. The Morgan fingerprint density at radius 2 is 1.49 bits per heavy atom. The Morgan fingerprint density at radius 3 is 2.18 bits per heavy atom. The number of nitrogens with zero attached hydrogens (tertiary/aromatic N) is 2. The summed E-state index contributed by atoms with van der Waals surface area (Å²) in [4.78, 5) is 1.96. The minimum Gasteiger partial charge on any atom is -0.343 e. The zero-order valence-corrected chi connectivity index (χ0v) is 28.4. The largest absolute Gasteiger partial charge is 0.343 e. The second-order valence-electron chi connectivity index (χ2n) is 12.8. The third-order valence-electron chi connectivity index (χ3n) is 9.09. The van der Waals surface area contributed by atoms with Crippen LogP contribution in [-0.2, 0) is 31.1 Å². The van der Waals surface area contributed by atoms with Gasteiger partial charge in [0.1, 0.15) is 5.75 Å². The number of halogens is 1. The van der Waals surface area contributed by atoms with Gasteiger partial charge in [-0.1, -0.05) is 74.0 Å². The summed E-state index contributed by atoms with van der Waals surface area (Å²) in [6, 6.07) is 15.8. The van der Waals surface area contributed by atoms with E-state index in [0.717, 1.165) is 64.3 Å². The number of hydrogen-bond donors (Lipinski definition) is 2. The number of anilines is 1. The summed E-state index contributed by atoms with van der Waals surface area (Å²) < 4.78 is 67.5. The van der Waals surface area contributed by atoms with Gasteiger partial charge in [-0.2, -0.15) is 21.4 Å². The van der Waals surface area contributed by atoms with Crippen LogP contribution in [0.1, 0.15) is 58.1 Å². The maximum atomic E-state index is 11.6. The molecule has 5 rings (SSSR count). The molecule has 8 nitrogen and oxygen atoms in total. The lowest BCUT2D eigenvalue weighted by molar-refractivity contribution is -0.432. The van der Waals surface area contributed by atoms with Gasteiger partial charge in [-0.15, -0.1) is 0 Å². The molecule has 1 aliphatic carbocycles. The highest BCUT2D eigenvalue weighted by Crippen LogP contribution is 2.48. The first-order valence-electron chi connectivity index (χ1n) is 15.0. The van der Waals surface area contributed by atoms with Gasteiger partial charge >= 0.3 is 0 Å². The molecular formula is C34H40ClN2O6S2+. The minimum absolute atomic E-state index is 0.122. The average Bonchev–Trinajstić information content (AvgIpc) is 3.31. The fourth-order valence-electron chi connectivity index (χ4n) is 6.74. The summed E-state index contributed by atoms with van der Waals surface area (Å²) >= 11 is 7.02. The van der Waals surface area contributed by atoms with E-state index >= 15 is 0 Å². The van der Waals surface area contributed by atoms with Crippen LogP contribution in [-0.4, -0.2) is 60.8 Å². The van der Waals surface area contributed by atoms with Crippen molar-refractivity contribution in [2.45, 2.75) is 57.8 Å². The Hall–Kier alpha value is -3.02. The predicted octanol–water partition coefficient (Wildman–Crippen LogP) is 6.68. The Morgan fingerprint density at radius 1 is 0.844 bits per heavy atom. The molecule has 3 aliphatic rings. The number of fused-ring (bicyclic) bond motifs is 2. The van der Waals surface area contributed by atoms with E-state index in [2.05, 4.69) is 27.7 Å². The maximum absolute atomic E-state index is 11.6. The van der Waals surface area contributed by atoms with Gasteiger partial charge < -0.3 is 4.90 Å². The number of para-hydroxylation sites is 2. The zero-order valence-electron chi connectivity index (χ0n) is 26.0. The van der Waals surface area contributed by atoms with Crippen LogP contribution in [0.3, 0.4) is 0 Å². The summed E-state index contributed by atoms with van der Waals surface area (Å²) in [6.07, 6.45) is 10.5. The third-order valence-corrected chi connectivity index (χ3v) is 11.0. The van der Waals surface area contributed by atoms with Crippen molar-refractivity contribution in [2.24, 2.45) is 0 Å². The highest BCUT2D eigenvalue weighted by Gasteiger charge is 2.44. The Bertz CT molecular complexity index is 1900. The van der Waals surface area contributed by atoms with E-state index in [9.17, 15) is 25.9 Å². The van der Waals surface area contributed by atoms with Crippen molar-refractivity contribution in [3.63, 3.8) is 0 Å². The van der Waals surface area contributed by atoms with E-state index in [1.165, 1.54) is 0 Å². The maximum Gasteiger partial charge on any atom is 0.271 e. The topological polar surface area (TPSA) is 115 Å². The molecule has 0 unspecified atom stereocenters. The molecule has 0 fully saturated rings. The first-order chi connectivity index (χ1) is 21.0. The highest BCUT2D eigenvalue weighted by molar-refractivity contribution is 7.86. The van der Waals surface area contributed by atoms with Crippen molar-refractivity contribution in [2.75, 3.05) is 29.5 Å². The SMILES string of the molecule is CC1(C)C(/C=C/C2=C(Cl)C(=C/C=C3/N(CCS(=O)(=O)O)c4ccccc4C3(C)C)/CCC2)=[N+](CCS(=O)(=O)O)c2ccccc21. The Balaban J connectivity index is 1.50. The number of allylic oxidation sites excluding steroid dienone is 8. The van der Waals surface area contributed by atoms with Crippen LogP contribution < -0.4 is 4.90 Å². The summed E-state index contributed by atoms with van der Waals surface area (Å²) in [5, 5.41) is 0.658. The van der Waals surface area contributed by atoms with Gasteiger partial charge in [0.15, 0.2) is 12.3 Å². The second kappa shape index (κ2) is 12.3. The van der Waals surface area contributed by atoms with Gasteiger partial charge in [0.05, 0.1) is 11.2 Å². The van der Waals surface area contributed by atoms with Crippen molar-refractivity contribution in [1.29, 1.82) is 0 Å². The molecule has 0 radical (unpaired) electrons. The molecule has 2 N–H and O–H groups in total. The number of rotatable bonds is 9. The molecule has 2 aromatic rings. The van der Waals surface area contributed by atoms with Gasteiger partial charge in [0.25, 0.3) is 20.2 Å². The van der Waals surface area contributed by atoms with Gasteiger partial charge in [-0.25, -0.2) is 0 Å². The second-order valence-corrected chi connectivity index (χ2v) is 16.3. The van der Waals surface area contributed by atoms with E-state index < -0.39 is 31.1 Å². The number of benzene rings is 2. The van der Waals surface area contributed by atoms with Crippen molar-refractivity contribution in [1.82, 2.24) is 0 Å². The normalized spacial score (nSPS) is 21.4. The molecule has 2 aliphatic heterocycles. The van der Waals surface area contributed by atoms with Crippen LogP contribution in [0.2, 0.25) is 0 Å². The lowest BCUT2D eigenvalue weighted by Crippen LogP contribution is -2.30. The van der Waals surface area contributed by atoms with Gasteiger partial charge in [0, 0.05) is 46.1 Å². The molecule has 2 aromatic carbocycles. The summed E-state index contributed by atoms with van der Waals surface area (Å²) in [6.45, 7) is 8.64. The van der Waals surface area contributed by atoms with Gasteiger partial charge in [-0.05, 0) is 62.0 Å². The monoisotopic (exact) mass is 671 g/mol. The molecular weight excluding hydrogens is 632 g/mol. The molecule has 240 valence electrons. The van der Waals surface area contributed by atoms with Crippen molar-refractivity contribution >= 4 is 48.9 Å². The molecule has 0 atom stereocenters. The third kappa shape index (κ3) is 6.90. The van der Waals surface area contributed by atoms with Crippen LogP contribution in [0.15, 0.2) is 94.7 Å². The smallest absolute Gasteiger partial charge is 0.271 e. The molecule has 0 saturated carbocycles. The van der Waals surface area contributed by atoms with Crippen LogP contribution in [0.5, 0.6) is 0 Å². The zero-order chi connectivity index (χ0) is 32.8. The van der Waals surface area contributed by atoms with Crippen LogP contribution in [0.25, 0.3) is 0 Å². The standard InChI is InChI=1S/C34H39ClN2O6S2/c1-33(2)26-12-5-7-14-28(26)36(20-22-44(38,39)40)30(33)18-16-24-10-9-11-25(32(24)35)17-19-31-34(3,4)27-13-6-8-15-29(27)37(31)21-23-45(41,42)43/h5-8,12-19H,9-11,20-23H2,1-4H3,(H-,38,39,40,41,42,43)/p+1. The lowest BCUT2D eigenvalue weighted by Gasteiger charge is -2.27. The molecule has 0 spiro atoms. The first-order valence-corrected chi connectivity index (χ1v) is 18.6. The summed E-state index contributed by atoms with van der Waals surface area (Å²) in [7, 11) is -8.30. The van der Waals surface area contributed by atoms with Crippen molar-refractivity contribution in [3.8, 4) is 0 Å². The fraction of sp³-hybridized carbons (Fsp3) is 0.382. The fourth-order valence-corrected chi connectivity index (χ4v) is 7.89. The molecule has 0 aromatic heterocycles. The van der Waals surface area contributed by atoms with Gasteiger partial charge in [0.2, 0.25) is 5.69 Å². The van der Waals surface area contributed by atoms with Crippen LogP contribution >= 0.6 is 11.6 Å². The Labute approximate surface area is 271 Å². The predicted molar refractivity (Wildman–Crippen MR) is 181 cm³/mol. The van der Waals surface area contributed by atoms with E-state index in [1.54, 1.807) is 0 Å². The molecule has 0 amide bonds. The summed E-state index contributed by atoms with van der Waals surface area (Å²) in [5.74, 6) is -0.775. The van der Waals surface area contributed by atoms with Crippen LogP contribution in [0.4, 0.5) is 11.4 Å². The van der Waals surface area contributed by atoms with Crippen molar-refractivity contribution < 1.29 is 30.5 Å². The highest BCUT2D eigenvalue weighted by atomic mass is 35.5. The van der Waals surface area contributed by atoms with Crippen molar-refractivity contribution in [3.05, 3.63) is 106 Å². The molecule has 0 saturated heterocycles. The van der Waals surface area contributed by atoms with E-state index in [0.29, 0.717) is 5.03 Å². The molecule has 0 bridgehead atoms. The van der Waals surface area contributed by atoms with Crippen LogP contribution in [0, 0.1) is 0 Å². The van der Waals surface area contributed by atoms with E-state index in [-0.39, 0.29) is 24.6 Å². The van der Waals surface area contributed by atoms with E-state index in [4.69, 9.17) is 11.6 Å². The van der Waals surface area contributed by atoms with E-state index in [1.807, 2.05) is 82.3 Å². The lowest BCUT2D eigenvalue weighted by atomic mass is 9.81. The summed E-state index contributed by atoms with van der Waals surface area (Å²) in [5.41, 5.74) is 6.98. The minimum atomic E-state index is -4.15. The number of hydrogen-bond acceptors (Lipinski definition) is 5. The Kier molecular flexibility index (Phi) is 9.11. The quantitative estimate of drug-likeness (QED) is 0.226. The molecule has 2 heterocycles. The first kappa shape index (κ1) is 33.3. The molecule has 11 heteroatoms. The van der Waals surface area contributed by atoms with Gasteiger partial charge in [-0.3, -0.25) is 9.11 Å². The molecule has 45 heavy (non-hydrogen) atoms.